The zero-order chi connectivity index (χ0) is 13.2. The predicted octanol–water partition coefficient (Wildman–Crippen LogP) is 1.65. The van der Waals surface area contributed by atoms with Crippen LogP contribution in [0, 0.1) is 11.3 Å². The molecule has 2 rings (SSSR count). The van der Waals surface area contributed by atoms with E-state index in [9.17, 15) is 0 Å². The summed E-state index contributed by atoms with van der Waals surface area (Å²) in [5, 5.41) is 3.57. The number of hydrogen-bond donors (Lipinski definition) is 1. The SMILES string of the molecule is CN(C)C1CCN(CC(C)(C)C2CCCNC2)C1. The Hall–Kier alpha value is -0.120. The van der Waals surface area contributed by atoms with Gasteiger partial charge in [-0.05, 0) is 64.3 Å². The first-order valence-electron chi connectivity index (χ1n) is 7.58. The van der Waals surface area contributed by atoms with Crippen LogP contribution < -0.4 is 5.32 Å². The van der Waals surface area contributed by atoms with Crippen molar-refractivity contribution in [2.24, 2.45) is 11.3 Å². The zero-order valence-electron chi connectivity index (χ0n) is 12.7. The van der Waals surface area contributed by atoms with E-state index in [1.165, 1.54) is 52.0 Å². The topological polar surface area (TPSA) is 18.5 Å². The molecule has 3 nitrogen and oxygen atoms in total. The maximum absolute atomic E-state index is 3.57. The largest absolute Gasteiger partial charge is 0.316 e. The van der Waals surface area contributed by atoms with Crippen molar-refractivity contribution in [1.29, 1.82) is 0 Å². The van der Waals surface area contributed by atoms with Gasteiger partial charge >= 0.3 is 0 Å². The molecule has 18 heavy (non-hydrogen) atoms. The minimum absolute atomic E-state index is 0.453. The molecular weight excluding hydrogens is 222 g/mol. The fourth-order valence-electron chi connectivity index (χ4n) is 3.60. The molecule has 0 radical (unpaired) electrons. The summed E-state index contributed by atoms with van der Waals surface area (Å²) in [6, 6.07) is 0.769. The number of piperidine rings is 1. The third-order valence-corrected chi connectivity index (χ3v) is 5.01. The van der Waals surface area contributed by atoms with Crippen LogP contribution in [0.1, 0.15) is 33.1 Å². The first-order valence-corrected chi connectivity index (χ1v) is 7.58. The van der Waals surface area contributed by atoms with Gasteiger partial charge in [0.1, 0.15) is 0 Å². The first-order chi connectivity index (χ1) is 8.49. The van der Waals surface area contributed by atoms with Gasteiger partial charge in [-0.2, -0.15) is 0 Å². The van der Waals surface area contributed by atoms with Gasteiger partial charge in [0, 0.05) is 19.1 Å². The number of nitrogens with one attached hydrogen (secondary N) is 1. The van der Waals surface area contributed by atoms with Crippen LogP contribution in [0.15, 0.2) is 0 Å². The lowest BCUT2D eigenvalue weighted by Crippen LogP contribution is -2.44. The fraction of sp³-hybridized carbons (Fsp3) is 1.00. The molecule has 2 atom stereocenters. The summed E-state index contributed by atoms with van der Waals surface area (Å²) >= 11 is 0. The maximum atomic E-state index is 3.57. The summed E-state index contributed by atoms with van der Waals surface area (Å²) in [6.45, 7) is 11.2. The number of rotatable bonds is 4. The van der Waals surface area contributed by atoms with Gasteiger partial charge in [-0.15, -0.1) is 0 Å². The van der Waals surface area contributed by atoms with Gasteiger partial charge in [0.25, 0.3) is 0 Å². The molecule has 2 saturated heterocycles. The van der Waals surface area contributed by atoms with Gasteiger partial charge in [-0.25, -0.2) is 0 Å². The second-order valence-corrected chi connectivity index (χ2v) is 7.17. The average Bonchev–Trinajstić information content (AvgIpc) is 2.78. The molecule has 0 aromatic carbocycles. The van der Waals surface area contributed by atoms with Crippen LogP contribution in [0.3, 0.4) is 0 Å². The highest BCUT2D eigenvalue weighted by Crippen LogP contribution is 2.33. The summed E-state index contributed by atoms with van der Waals surface area (Å²) in [6.07, 6.45) is 4.10. The van der Waals surface area contributed by atoms with Crippen molar-refractivity contribution in [2.75, 3.05) is 46.8 Å². The highest BCUT2D eigenvalue weighted by Gasteiger charge is 2.34. The van der Waals surface area contributed by atoms with Crippen molar-refractivity contribution in [3.05, 3.63) is 0 Å². The Morgan fingerprint density at radius 2 is 2.06 bits per heavy atom. The van der Waals surface area contributed by atoms with E-state index in [1.807, 2.05) is 0 Å². The van der Waals surface area contributed by atoms with Crippen molar-refractivity contribution in [3.63, 3.8) is 0 Å². The monoisotopic (exact) mass is 253 g/mol. The third-order valence-electron chi connectivity index (χ3n) is 5.01. The van der Waals surface area contributed by atoms with E-state index in [4.69, 9.17) is 0 Å². The second-order valence-electron chi connectivity index (χ2n) is 7.17. The predicted molar refractivity (Wildman–Crippen MR) is 77.9 cm³/mol. The lowest BCUT2D eigenvalue weighted by atomic mass is 9.74. The van der Waals surface area contributed by atoms with Crippen LogP contribution in [0.4, 0.5) is 0 Å². The number of likely N-dealkylation sites (N-methyl/N-ethyl adjacent to an activating group) is 1. The van der Waals surface area contributed by atoms with Crippen molar-refractivity contribution >= 4 is 0 Å². The highest BCUT2D eigenvalue weighted by molar-refractivity contribution is 4.89. The van der Waals surface area contributed by atoms with E-state index in [-0.39, 0.29) is 0 Å². The molecule has 106 valence electrons. The van der Waals surface area contributed by atoms with Gasteiger partial charge in [-0.3, -0.25) is 0 Å². The summed E-state index contributed by atoms with van der Waals surface area (Å²) in [5.41, 5.74) is 0.453. The Kier molecular flexibility index (Phi) is 4.68. The lowest BCUT2D eigenvalue weighted by molar-refractivity contribution is 0.110. The summed E-state index contributed by atoms with van der Waals surface area (Å²) in [5.74, 6) is 0.852. The lowest BCUT2D eigenvalue weighted by Gasteiger charge is -2.40. The number of hydrogen-bond acceptors (Lipinski definition) is 3. The van der Waals surface area contributed by atoms with Gasteiger partial charge in [0.2, 0.25) is 0 Å². The highest BCUT2D eigenvalue weighted by atomic mass is 15.2. The molecule has 0 spiro atoms. The fourth-order valence-corrected chi connectivity index (χ4v) is 3.60. The Morgan fingerprint density at radius 3 is 2.61 bits per heavy atom. The van der Waals surface area contributed by atoms with E-state index >= 15 is 0 Å². The standard InChI is InChI=1S/C15H31N3/c1-15(2,13-6-5-8-16-10-13)12-18-9-7-14(11-18)17(3)4/h13-14,16H,5-12H2,1-4H3. The second kappa shape index (κ2) is 5.89. The Balaban J connectivity index is 1.84. The summed E-state index contributed by atoms with van der Waals surface area (Å²) < 4.78 is 0. The van der Waals surface area contributed by atoms with Gasteiger partial charge in [0.15, 0.2) is 0 Å². The Labute approximate surface area is 113 Å². The zero-order valence-corrected chi connectivity index (χ0v) is 12.7. The van der Waals surface area contributed by atoms with Crippen LogP contribution in [-0.4, -0.2) is 62.7 Å². The molecule has 0 aromatic heterocycles. The molecule has 2 fully saturated rings. The van der Waals surface area contributed by atoms with Crippen molar-refractivity contribution in [1.82, 2.24) is 15.1 Å². The molecule has 1 N–H and O–H groups in total. The van der Waals surface area contributed by atoms with Crippen LogP contribution in [0.2, 0.25) is 0 Å². The van der Waals surface area contributed by atoms with Crippen LogP contribution in [-0.2, 0) is 0 Å². The average molecular weight is 253 g/mol. The van der Waals surface area contributed by atoms with Gasteiger partial charge in [0.05, 0.1) is 0 Å². The molecule has 0 saturated carbocycles. The van der Waals surface area contributed by atoms with E-state index < -0.39 is 0 Å². The van der Waals surface area contributed by atoms with E-state index in [2.05, 4.69) is 43.1 Å². The minimum Gasteiger partial charge on any atom is -0.316 e. The van der Waals surface area contributed by atoms with Gasteiger partial charge < -0.3 is 15.1 Å². The quantitative estimate of drug-likeness (QED) is 0.822. The molecule has 3 heteroatoms. The minimum atomic E-state index is 0.453. The molecule has 2 aliphatic heterocycles. The molecule has 2 unspecified atom stereocenters. The molecule has 2 aliphatic rings. The van der Waals surface area contributed by atoms with E-state index in [0.29, 0.717) is 5.41 Å². The normalized spacial score (nSPS) is 31.2. The van der Waals surface area contributed by atoms with E-state index in [0.717, 1.165) is 12.0 Å². The Bertz CT molecular complexity index is 256. The Morgan fingerprint density at radius 1 is 1.28 bits per heavy atom. The van der Waals surface area contributed by atoms with Gasteiger partial charge in [-0.1, -0.05) is 13.8 Å². The molecule has 0 aliphatic carbocycles. The molecular formula is C15H31N3. The first kappa shape index (κ1) is 14.3. The maximum Gasteiger partial charge on any atom is 0.0229 e. The molecule has 0 bridgehead atoms. The van der Waals surface area contributed by atoms with Crippen molar-refractivity contribution < 1.29 is 0 Å². The summed E-state index contributed by atoms with van der Waals surface area (Å²) in [4.78, 5) is 5.06. The van der Waals surface area contributed by atoms with Crippen LogP contribution in [0.25, 0.3) is 0 Å². The third kappa shape index (κ3) is 3.46. The smallest absolute Gasteiger partial charge is 0.0229 e. The van der Waals surface area contributed by atoms with Crippen molar-refractivity contribution in [3.8, 4) is 0 Å². The molecule has 0 aromatic rings. The summed E-state index contributed by atoms with van der Waals surface area (Å²) in [7, 11) is 4.43. The number of nitrogens with zero attached hydrogens (tertiary/aromatic N) is 2. The van der Waals surface area contributed by atoms with Crippen molar-refractivity contribution in [2.45, 2.75) is 39.2 Å². The van der Waals surface area contributed by atoms with Crippen LogP contribution >= 0.6 is 0 Å². The van der Waals surface area contributed by atoms with Crippen LogP contribution in [0.5, 0.6) is 0 Å². The molecule has 0 amide bonds. The van der Waals surface area contributed by atoms with E-state index in [1.54, 1.807) is 0 Å². The molecule has 2 heterocycles. The number of likely N-dealkylation sites (tertiary alicyclic amines) is 1.